The number of hydrogen-bond donors (Lipinski definition) is 0. The highest BCUT2D eigenvalue weighted by Gasteiger charge is 2.11. The summed E-state index contributed by atoms with van der Waals surface area (Å²) in [6.45, 7) is 4.91. The van der Waals surface area contributed by atoms with Crippen LogP contribution in [0.2, 0.25) is 0 Å². The van der Waals surface area contributed by atoms with Gasteiger partial charge in [-0.15, -0.1) is 0 Å². The van der Waals surface area contributed by atoms with Crippen LogP contribution in [0.1, 0.15) is 22.8 Å². The fourth-order valence-electron chi connectivity index (χ4n) is 1.88. The van der Waals surface area contributed by atoms with Crippen LogP contribution < -0.4 is 4.74 Å². The van der Waals surface area contributed by atoms with E-state index < -0.39 is 12.3 Å². The second kappa shape index (κ2) is 7.74. The van der Waals surface area contributed by atoms with Gasteiger partial charge in [0, 0.05) is 28.6 Å². The van der Waals surface area contributed by atoms with E-state index in [0.717, 1.165) is 10.5 Å². The number of ketones is 1. The van der Waals surface area contributed by atoms with Crippen molar-refractivity contribution in [2.45, 2.75) is 13.2 Å². The molecule has 0 aromatic heterocycles. The summed E-state index contributed by atoms with van der Waals surface area (Å²) in [5, 5.41) is 0. The van der Waals surface area contributed by atoms with Crippen LogP contribution in [-0.2, 0) is 9.53 Å². The van der Waals surface area contributed by atoms with E-state index in [1.807, 2.05) is 12.1 Å². The molecule has 0 spiro atoms. The minimum atomic E-state index is -0.742. The van der Waals surface area contributed by atoms with E-state index in [-0.39, 0.29) is 5.78 Å². The van der Waals surface area contributed by atoms with Crippen LogP contribution in [-0.4, -0.2) is 18.0 Å². The summed E-state index contributed by atoms with van der Waals surface area (Å²) in [5.41, 5.74) is 1.16. The Balaban J connectivity index is 2.04. The Hall–Kier alpha value is -2.40. The summed E-state index contributed by atoms with van der Waals surface area (Å²) in [6.07, 6.45) is 0.327. The lowest BCUT2D eigenvalue weighted by Gasteiger charge is -2.14. The fourth-order valence-corrected chi connectivity index (χ4v) is 2.14. The molecule has 118 valence electrons. The van der Waals surface area contributed by atoms with Gasteiger partial charge < -0.3 is 9.47 Å². The molecule has 2 aromatic carbocycles. The van der Waals surface area contributed by atoms with Crippen molar-refractivity contribution in [3.05, 3.63) is 76.8 Å². The van der Waals surface area contributed by atoms with Crippen molar-refractivity contribution in [1.82, 2.24) is 0 Å². The maximum absolute atomic E-state index is 12.3. The lowest BCUT2D eigenvalue weighted by atomic mass is 10.0. The molecule has 0 aliphatic heterocycles. The summed E-state index contributed by atoms with van der Waals surface area (Å²) >= 11 is 3.34. The normalized spacial score (nSPS) is 11.4. The third-order valence-corrected chi connectivity index (χ3v) is 3.50. The molecule has 5 heteroatoms. The van der Waals surface area contributed by atoms with Gasteiger partial charge in [-0.2, -0.15) is 0 Å². The van der Waals surface area contributed by atoms with E-state index in [9.17, 15) is 9.59 Å². The smallest absolute Gasteiger partial charge is 0.333 e. The van der Waals surface area contributed by atoms with E-state index in [1.165, 1.54) is 0 Å². The molecule has 2 rings (SSSR count). The first-order chi connectivity index (χ1) is 11.0. The Labute approximate surface area is 142 Å². The van der Waals surface area contributed by atoms with E-state index in [2.05, 4.69) is 22.5 Å². The zero-order chi connectivity index (χ0) is 16.8. The highest BCUT2D eigenvalue weighted by molar-refractivity contribution is 9.10. The predicted octanol–water partition coefficient (Wildman–Crippen LogP) is 4.13. The van der Waals surface area contributed by atoms with Gasteiger partial charge in [0.25, 0.3) is 0 Å². The minimum absolute atomic E-state index is 0.0739. The van der Waals surface area contributed by atoms with Crippen molar-refractivity contribution in [3.8, 4) is 5.75 Å². The van der Waals surface area contributed by atoms with E-state index in [1.54, 1.807) is 43.3 Å². The third kappa shape index (κ3) is 4.79. The van der Waals surface area contributed by atoms with Crippen LogP contribution >= 0.6 is 15.9 Å². The van der Waals surface area contributed by atoms with Crippen LogP contribution in [0.3, 0.4) is 0 Å². The van der Waals surface area contributed by atoms with Gasteiger partial charge in [-0.1, -0.05) is 22.5 Å². The largest absolute Gasteiger partial charge is 0.455 e. The van der Waals surface area contributed by atoms with E-state index in [4.69, 9.17) is 9.47 Å². The molecule has 23 heavy (non-hydrogen) atoms. The molecule has 0 heterocycles. The number of benzene rings is 2. The Bertz CT molecular complexity index is 705. The average Bonchev–Trinajstić information content (AvgIpc) is 2.55. The maximum Gasteiger partial charge on any atom is 0.333 e. The van der Waals surface area contributed by atoms with Crippen LogP contribution in [0, 0.1) is 0 Å². The summed E-state index contributed by atoms with van der Waals surface area (Å²) in [4.78, 5) is 23.4. The van der Waals surface area contributed by atoms with Gasteiger partial charge in [0.15, 0.2) is 5.78 Å². The van der Waals surface area contributed by atoms with Gasteiger partial charge in [0.2, 0.25) is 6.29 Å². The first kappa shape index (κ1) is 17.0. The lowest BCUT2D eigenvalue weighted by molar-refractivity contribution is -0.154. The van der Waals surface area contributed by atoms with Crippen molar-refractivity contribution in [1.29, 1.82) is 0 Å². The maximum atomic E-state index is 12.3. The minimum Gasteiger partial charge on any atom is -0.455 e. The first-order valence-corrected chi connectivity index (χ1v) is 7.69. The Kier molecular flexibility index (Phi) is 5.71. The van der Waals surface area contributed by atoms with Gasteiger partial charge in [-0.05, 0) is 48.5 Å². The molecule has 4 nitrogen and oxygen atoms in total. The molecule has 0 radical (unpaired) electrons. The molecular formula is C18H15BrO4. The van der Waals surface area contributed by atoms with E-state index >= 15 is 0 Å². The number of esters is 1. The molecular weight excluding hydrogens is 360 g/mol. The molecule has 0 saturated heterocycles. The average molecular weight is 375 g/mol. The van der Waals surface area contributed by atoms with Gasteiger partial charge in [-0.3, -0.25) is 4.79 Å². The molecule has 2 aromatic rings. The third-order valence-electron chi connectivity index (χ3n) is 2.97. The van der Waals surface area contributed by atoms with Crippen molar-refractivity contribution in [2.75, 3.05) is 0 Å². The van der Waals surface area contributed by atoms with Crippen molar-refractivity contribution >= 4 is 27.7 Å². The number of halogens is 1. The molecule has 0 N–H and O–H groups in total. The Morgan fingerprint density at radius 2 is 1.57 bits per heavy atom. The quantitative estimate of drug-likeness (QED) is 0.330. The summed E-state index contributed by atoms with van der Waals surface area (Å²) in [7, 11) is 0. The number of carbonyl (C=O) groups excluding carboxylic acids is 2. The van der Waals surface area contributed by atoms with Crippen molar-refractivity contribution < 1.29 is 19.1 Å². The van der Waals surface area contributed by atoms with Crippen LogP contribution in [0.15, 0.2) is 65.7 Å². The van der Waals surface area contributed by atoms with Gasteiger partial charge in [-0.25, -0.2) is 4.79 Å². The second-order valence-corrected chi connectivity index (χ2v) is 5.60. The molecule has 0 aliphatic rings. The highest BCUT2D eigenvalue weighted by Crippen LogP contribution is 2.18. The number of carbonyl (C=O) groups is 2. The summed E-state index contributed by atoms with van der Waals surface area (Å²) in [5.74, 6) is -0.128. The highest BCUT2D eigenvalue weighted by atomic mass is 79.9. The Morgan fingerprint density at radius 3 is 2.09 bits per heavy atom. The second-order valence-electron chi connectivity index (χ2n) is 4.69. The topological polar surface area (TPSA) is 52.6 Å². The van der Waals surface area contributed by atoms with Crippen LogP contribution in [0.25, 0.3) is 0 Å². The zero-order valence-corrected chi connectivity index (χ0v) is 14.1. The predicted molar refractivity (Wildman–Crippen MR) is 90.4 cm³/mol. The van der Waals surface area contributed by atoms with E-state index in [0.29, 0.717) is 16.9 Å². The van der Waals surface area contributed by atoms with Crippen LogP contribution in [0.5, 0.6) is 5.75 Å². The van der Waals surface area contributed by atoms with Crippen molar-refractivity contribution in [2.24, 2.45) is 0 Å². The molecule has 0 fully saturated rings. The van der Waals surface area contributed by atoms with Crippen LogP contribution in [0.4, 0.5) is 0 Å². The Morgan fingerprint density at radius 1 is 1.04 bits per heavy atom. The molecule has 0 amide bonds. The molecule has 1 atom stereocenters. The lowest BCUT2D eigenvalue weighted by Crippen LogP contribution is -2.19. The molecule has 1 unspecified atom stereocenters. The standard InChI is InChI=1S/C18H15BrO4/c1-3-17(20)23-12(2)22-16-10-6-14(7-11-16)18(21)13-4-8-15(19)9-5-13/h3-12H,1H2,2H3. The molecule has 0 aliphatic carbocycles. The summed E-state index contributed by atoms with van der Waals surface area (Å²) in [6, 6.07) is 13.8. The SMILES string of the molecule is C=CC(=O)OC(C)Oc1ccc(C(=O)c2ccc(Br)cc2)cc1. The zero-order valence-electron chi connectivity index (χ0n) is 12.5. The molecule has 0 bridgehead atoms. The number of hydrogen-bond acceptors (Lipinski definition) is 4. The number of rotatable bonds is 6. The molecule has 0 saturated carbocycles. The fraction of sp³-hybridized carbons (Fsp3) is 0.111. The van der Waals surface area contributed by atoms with Gasteiger partial charge in [0.1, 0.15) is 5.75 Å². The monoisotopic (exact) mass is 374 g/mol. The number of ether oxygens (including phenoxy) is 2. The van der Waals surface area contributed by atoms with Gasteiger partial charge in [0.05, 0.1) is 0 Å². The van der Waals surface area contributed by atoms with Gasteiger partial charge >= 0.3 is 5.97 Å². The summed E-state index contributed by atoms with van der Waals surface area (Å²) < 4.78 is 11.3. The first-order valence-electron chi connectivity index (χ1n) is 6.89. The van der Waals surface area contributed by atoms with Crippen molar-refractivity contribution in [3.63, 3.8) is 0 Å².